The summed E-state index contributed by atoms with van der Waals surface area (Å²) >= 11 is 1.38. The summed E-state index contributed by atoms with van der Waals surface area (Å²) in [6, 6.07) is 0. The van der Waals surface area contributed by atoms with Crippen LogP contribution in [0.2, 0.25) is 0 Å². The van der Waals surface area contributed by atoms with E-state index < -0.39 is 24.0 Å². The van der Waals surface area contributed by atoms with Gasteiger partial charge in [0.15, 0.2) is 23.0 Å². The summed E-state index contributed by atoms with van der Waals surface area (Å²) < 4.78 is 41.3. The largest absolute Gasteiger partial charge is 0.493 e. The molecule has 230 valence electrons. The van der Waals surface area contributed by atoms with Gasteiger partial charge in [-0.25, -0.2) is 9.78 Å². The predicted octanol–water partition coefficient (Wildman–Crippen LogP) is 4.65. The van der Waals surface area contributed by atoms with E-state index in [4.69, 9.17) is 4.84 Å². The highest BCUT2D eigenvalue weighted by molar-refractivity contribution is 7.99. The second-order valence-corrected chi connectivity index (χ2v) is 11.4. The van der Waals surface area contributed by atoms with Crippen LogP contribution in [0.25, 0.3) is 0 Å². The second-order valence-electron chi connectivity index (χ2n) is 10.4. The van der Waals surface area contributed by atoms with Gasteiger partial charge < -0.3 is 15.1 Å². The van der Waals surface area contributed by atoms with Gasteiger partial charge in [-0.15, -0.1) is 11.0 Å². The number of piperazine rings is 1. The molecular formula is C28H43F3N6O3S. The Hall–Kier alpha value is -2.43. The molecule has 3 heterocycles. The van der Waals surface area contributed by atoms with Crippen molar-refractivity contribution in [2.24, 2.45) is 7.05 Å². The molecule has 0 amide bonds. The van der Waals surface area contributed by atoms with E-state index in [0.717, 1.165) is 24.3 Å². The van der Waals surface area contributed by atoms with Crippen LogP contribution in [-0.2, 0) is 16.7 Å². The molecule has 2 aliphatic heterocycles. The van der Waals surface area contributed by atoms with E-state index in [1.165, 1.54) is 61.3 Å². The van der Waals surface area contributed by atoms with Gasteiger partial charge in [0.05, 0.1) is 6.54 Å². The van der Waals surface area contributed by atoms with Crippen LogP contribution in [0.1, 0.15) is 78.1 Å². The molecule has 1 atom stereocenters. The average Bonchev–Trinajstić information content (AvgIpc) is 3.25. The van der Waals surface area contributed by atoms with E-state index in [0.29, 0.717) is 37.1 Å². The maximum Gasteiger partial charge on any atom is 0.493 e. The molecular weight excluding hydrogens is 557 g/mol. The maximum absolute atomic E-state index is 13.6. The Morgan fingerprint density at radius 2 is 1.68 bits per heavy atom. The standard InChI is InChI=1S/C28H43F3N6O3S/c1-4-6-8-9-10-11-12-13-14-15-21-41-26-33-23-22(24(38)34(26)3)36(18-7-5-2)27(35-19-16-32-17-20-35)37(23)40-25(39)28(29,30)31/h27,32H,4,6,8-21H2,1-3H3. The zero-order chi connectivity index (χ0) is 29.8. The number of thioether (sulfide) groups is 1. The molecule has 0 aromatic carbocycles. The fourth-order valence-electron chi connectivity index (χ4n) is 5.01. The van der Waals surface area contributed by atoms with Gasteiger partial charge in [0, 0.05) is 39.0 Å². The summed E-state index contributed by atoms with van der Waals surface area (Å²) in [5, 5.41) is 4.41. The number of carbonyl (C=O) groups is 1. The molecule has 0 aliphatic carbocycles. The van der Waals surface area contributed by atoms with Crippen molar-refractivity contribution in [3.05, 3.63) is 10.4 Å². The van der Waals surface area contributed by atoms with Gasteiger partial charge in [0.2, 0.25) is 0 Å². The minimum Gasteiger partial charge on any atom is -0.327 e. The number of halogens is 3. The molecule has 1 N–H and O–H groups in total. The Morgan fingerprint density at radius 3 is 2.27 bits per heavy atom. The fraction of sp³-hybridized carbons (Fsp3) is 0.750. The van der Waals surface area contributed by atoms with E-state index in [-0.39, 0.29) is 18.1 Å². The number of hydrogen-bond acceptors (Lipinski definition) is 9. The number of nitrogens with zero attached hydrogens (tertiary/aromatic N) is 5. The lowest BCUT2D eigenvalue weighted by molar-refractivity contribution is -0.203. The van der Waals surface area contributed by atoms with Crippen molar-refractivity contribution in [1.29, 1.82) is 0 Å². The number of nitrogens with one attached hydrogen (secondary N) is 1. The molecule has 1 aromatic heterocycles. The molecule has 0 spiro atoms. The van der Waals surface area contributed by atoms with Gasteiger partial charge in [-0.05, 0) is 13.3 Å². The Morgan fingerprint density at radius 1 is 1.07 bits per heavy atom. The van der Waals surface area contributed by atoms with Crippen molar-refractivity contribution >= 4 is 29.2 Å². The summed E-state index contributed by atoms with van der Waals surface area (Å²) in [4.78, 5) is 38.6. The number of anilines is 2. The van der Waals surface area contributed by atoms with Crippen LogP contribution in [0.5, 0.6) is 0 Å². The van der Waals surface area contributed by atoms with Gasteiger partial charge in [0.25, 0.3) is 5.56 Å². The summed E-state index contributed by atoms with van der Waals surface area (Å²) in [6.45, 7) is 6.03. The predicted molar refractivity (Wildman–Crippen MR) is 156 cm³/mol. The van der Waals surface area contributed by atoms with Crippen LogP contribution in [0.3, 0.4) is 0 Å². The van der Waals surface area contributed by atoms with Crippen molar-refractivity contribution in [3.8, 4) is 11.8 Å². The van der Waals surface area contributed by atoms with E-state index in [2.05, 4.69) is 29.1 Å². The molecule has 2 aliphatic rings. The number of hydrogen-bond donors (Lipinski definition) is 1. The Balaban J connectivity index is 1.76. The third-order valence-electron chi connectivity index (χ3n) is 7.24. The SMILES string of the molecule is CC#CCN1c2c(nc(SCCCCCCCCCCCC)n(C)c2=O)N(OC(=O)C(F)(F)F)C1N1CCNCC1. The minimum atomic E-state index is -5.21. The zero-order valence-electron chi connectivity index (χ0n) is 24.4. The third-order valence-corrected chi connectivity index (χ3v) is 8.35. The van der Waals surface area contributed by atoms with E-state index >= 15 is 0 Å². The van der Waals surface area contributed by atoms with E-state index in [9.17, 15) is 22.8 Å². The van der Waals surface area contributed by atoms with Gasteiger partial charge in [0.1, 0.15) is 0 Å². The quantitative estimate of drug-likeness (QED) is 0.134. The lowest BCUT2D eigenvalue weighted by Crippen LogP contribution is -2.61. The molecule has 41 heavy (non-hydrogen) atoms. The summed E-state index contributed by atoms with van der Waals surface area (Å²) in [5.74, 6) is 3.93. The zero-order valence-corrected chi connectivity index (χ0v) is 25.2. The number of fused-ring (bicyclic) bond motifs is 1. The number of hydroxylamine groups is 1. The molecule has 0 saturated carbocycles. The van der Waals surface area contributed by atoms with E-state index in [1.54, 1.807) is 18.9 Å². The normalized spacial score (nSPS) is 17.4. The minimum absolute atomic E-state index is 0.0557. The van der Waals surface area contributed by atoms with E-state index in [1.807, 2.05) is 4.90 Å². The van der Waals surface area contributed by atoms with Crippen LogP contribution >= 0.6 is 11.8 Å². The first kappa shape index (κ1) is 33.1. The molecule has 3 rings (SSSR count). The lowest BCUT2D eigenvalue weighted by atomic mass is 10.1. The molecule has 1 unspecified atom stereocenters. The Kier molecular flexibility index (Phi) is 13.1. The van der Waals surface area contributed by atoms with Crippen molar-refractivity contribution in [2.45, 2.75) is 95.7 Å². The van der Waals surface area contributed by atoms with Gasteiger partial charge in [-0.2, -0.15) is 13.2 Å². The first-order valence-electron chi connectivity index (χ1n) is 14.6. The highest BCUT2D eigenvalue weighted by atomic mass is 32.2. The Bertz CT molecular complexity index is 1110. The number of alkyl halides is 3. The number of aromatic nitrogens is 2. The van der Waals surface area contributed by atoms with Crippen molar-refractivity contribution in [3.63, 3.8) is 0 Å². The monoisotopic (exact) mass is 600 g/mol. The Labute approximate surface area is 245 Å². The van der Waals surface area contributed by atoms with Gasteiger partial charge in [-0.1, -0.05) is 82.4 Å². The van der Waals surface area contributed by atoms with Crippen molar-refractivity contribution < 1.29 is 22.8 Å². The highest BCUT2D eigenvalue weighted by Crippen LogP contribution is 2.39. The van der Waals surface area contributed by atoms with Gasteiger partial charge >= 0.3 is 12.1 Å². The van der Waals surface area contributed by atoms with Crippen LogP contribution < -0.4 is 20.8 Å². The number of carbonyl (C=O) groups excluding carboxylic acids is 1. The molecule has 1 saturated heterocycles. The third kappa shape index (κ3) is 9.03. The molecule has 9 nitrogen and oxygen atoms in total. The lowest BCUT2D eigenvalue weighted by Gasteiger charge is -2.40. The first-order chi connectivity index (χ1) is 19.7. The van der Waals surface area contributed by atoms with Crippen molar-refractivity contribution in [1.82, 2.24) is 19.8 Å². The molecule has 0 bridgehead atoms. The molecule has 0 radical (unpaired) electrons. The van der Waals surface area contributed by atoms with Crippen molar-refractivity contribution in [2.75, 3.05) is 48.4 Å². The summed E-state index contributed by atoms with van der Waals surface area (Å²) in [6.07, 6.45) is 5.84. The maximum atomic E-state index is 13.6. The highest BCUT2D eigenvalue weighted by Gasteiger charge is 2.50. The molecule has 13 heteroatoms. The van der Waals surface area contributed by atoms with Gasteiger partial charge in [-0.3, -0.25) is 14.3 Å². The average molecular weight is 601 g/mol. The second kappa shape index (κ2) is 16.3. The first-order valence-corrected chi connectivity index (χ1v) is 15.6. The summed E-state index contributed by atoms with van der Waals surface area (Å²) in [7, 11) is 1.60. The smallest absolute Gasteiger partial charge is 0.327 e. The van der Waals surface area contributed by atoms with Crippen LogP contribution in [0.15, 0.2) is 9.95 Å². The number of unbranched alkanes of at least 4 members (excludes halogenated alkanes) is 9. The number of rotatable bonds is 15. The topological polar surface area (TPSA) is 82.9 Å². The summed E-state index contributed by atoms with van der Waals surface area (Å²) in [5.41, 5.74) is -0.360. The molecule has 1 fully saturated rings. The van der Waals surface area contributed by atoms with Crippen LogP contribution in [0, 0.1) is 11.8 Å². The molecule has 1 aromatic rings. The van der Waals surface area contributed by atoms with Crippen LogP contribution in [0.4, 0.5) is 24.7 Å². The van der Waals surface area contributed by atoms with Crippen LogP contribution in [-0.4, -0.2) is 71.4 Å². The fourth-order valence-corrected chi connectivity index (χ4v) is 5.97.